The van der Waals surface area contributed by atoms with E-state index in [9.17, 15) is 18.0 Å². The molecule has 1 unspecified atom stereocenters. The molecule has 1 fully saturated rings. The molecule has 1 atom stereocenters. The van der Waals surface area contributed by atoms with Crippen LogP contribution in [0.25, 0.3) is 0 Å². The first-order valence-corrected chi connectivity index (χ1v) is 8.41. The van der Waals surface area contributed by atoms with E-state index in [0.717, 1.165) is 25.2 Å². The smallest absolute Gasteiger partial charge is 0.416 e. The third-order valence-corrected chi connectivity index (χ3v) is 4.19. The number of nitrogens with zero attached hydrogens (tertiary/aromatic N) is 1. The summed E-state index contributed by atoms with van der Waals surface area (Å²) in [7, 11) is 1.49. The first kappa shape index (κ1) is 26.7. The number of piperazine rings is 1. The number of ether oxygens (including phenoxy) is 2. The van der Waals surface area contributed by atoms with E-state index in [1.807, 2.05) is 4.90 Å². The van der Waals surface area contributed by atoms with Gasteiger partial charge in [0.15, 0.2) is 0 Å². The van der Waals surface area contributed by atoms with Gasteiger partial charge in [0.25, 0.3) is 0 Å². The Morgan fingerprint density at radius 2 is 1.89 bits per heavy atom. The summed E-state index contributed by atoms with van der Waals surface area (Å²) in [6.45, 7) is 5.13. The fraction of sp³-hybridized carbons (Fsp3) is 0.588. The molecule has 0 aromatic heterocycles. The van der Waals surface area contributed by atoms with Crippen LogP contribution in [0, 0.1) is 0 Å². The summed E-state index contributed by atoms with van der Waals surface area (Å²) < 4.78 is 49.3. The monoisotopic (exact) mass is 447 g/mol. The van der Waals surface area contributed by atoms with Crippen molar-refractivity contribution in [1.82, 2.24) is 10.2 Å². The molecule has 11 heteroatoms. The summed E-state index contributed by atoms with van der Waals surface area (Å²) in [5.41, 5.74) is -0.843. The molecule has 6 nitrogen and oxygen atoms in total. The summed E-state index contributed by atoms with van der Waals surface area (Å²) in [5, 5.41) is 5.77. The van der Waals surface area contributed by atoms with E-state index >= 15 is 0 Å². The van der Waals surface area contributed by atoms with Crippen LogP contribution in [-0.2, 0) is 15.7 Å². The van der Waals surface area contributed by atoms with Crippen LogP contribution >= 0.6 is 24.8 Å². The van der Waals surface area contributed by atoms with Crippen LogP contribution < -0.4 is 15.4 Å². The van der Waals surface area contributed by atoms with Crippen LogP contribution in [0.5, 0.6) is 5.75 Å². The van der Waals surface area contributed by atoms with Gasteiger partial charge in [-0.3, -0.25) is 9.69 Å². The maximum Gasteiger partial charge on any atom is 0.416 e. The minimum atomic E-state index is -4.51. The lowest BCUT2D eigenvalue weighted by Crippen LogP contribution is -2.51. The van der Waals surface area contributed by atoms with Gasteiger partial charge in [-0.1, -0.05) is 0 Å². The molecular formula is C17H26Cl2F3N3O3. The van der Waals surface area contributed by atoms with Gasteiger partial charge in [-0.25, -0.2) is 0 Å². The lowest BCUT2D eigenvalue weighted by Gasteiger charge is -2.32. The molecule has 1 aromatic rings. The Hall–Kier alpha value is -1.26. The van der Waals surface area contributed by atoms with Gasteiger partial charge in [-0.15, -0.1) is 24.8 Å². The SMILES string of the molecule is COCCOc1ccc(C(F)(F)F)cc1NC(=O)C(C)N1CCNCC1.Cl.Cl. The van der Waals surface area contributed by atoms with Crippen molar-refractivity contribution >= 4 is 36.4 Å². The van der Waals surface area contributed by atoms with Crippen molar-refractivity contribution in [3.63, 3.8) is 0 Å². The lowest BCUT2D eigenvalue weighted by atomic mass is 10.1. The fourth-order valence-electron chi connectivity index (χ4n) is 2.64. The number of rotatable bonds is 7. The maximum atomic E-state index is 13.0. The van der Waals surface area contributed by atoms with Crippen LogP contribution in [0.2, 0.25) is 0 Å². The zero-order valence-electron chi connectivity index (χ0n) is 15.7. The summed E-state index contributed by atoms with van der Waals surface area (Å²) in [6.07, 6.45) is -4.51. The Morgan fingerprint density at radius 1 is 1.25 bits per heavy atom. The van der Waals surface area contributed by atoms with Crippen molar-refractivity contribution < 1.29 is 27.4 Å². The van der Waals surface area contributed by atoms with Crippen molar-refractivity contribution in [2.75, 3.05) is 51.8 Å². The van der Waals surface area contributed by atoms with Crippen LogP contribution in [0.3, 0.4) is 0 Å². The Morgan fingerprint density at radius 3 is 2.46 bits per heavy atom. The molecule has 162 valence electrons. The van der Waals surface area contributed by atoms with Gasteiger partial charge >= 0.3 is 6.18 Å². The zero-order valence-corrected chi connectivity index (χ0v) is 17.3. The van der Waals surface area contributed by atoms with Gasteiger partial charge in [0, 0.05) is 33.3 Å². The molecular weight excluding hydrogens is 422 g/mol. The number of alkyl halides is 3. The van der Waals surface area contributed by atoms with Crippen molar-refractivity contribution in [2.24, 2.45) is 0 Å². The number of anilines is 1. The number of nitrogens with one attached hydrogen (secondary N) is 2. The van der Waals surface area contributed by atoms with E-state index in [0.29, 0.717) is 13.1 Å². The standard InChI is InChI=1S/C17H24F3N3O3.2ClH/c1-12(23-7-5-21-6-8-23)16(24)22-14-11-13(17(18,19)20)3-4-15(14)26-10-9-25-2;;/h3-4,11-12,21H,5-10H2,1-2H3,(H,22,24);2*1H. The second-order valence-corrected chi connectivity index (χ2v) is 6.00. The Kier molecular flexibility index (Phi) is 11.8. The van der Waals surface area contributed by atoms with E-state index in [1.165, 1.54) is 13.2 Å². The number of hydrogen-bond donors (Lipinski definition) is 2. The molecule has 0 saturated carbocycles. The van der Waals surface area contributed by atoms with Gasteiger partial charge in [-0.05, 0) is 25.1 Å². The quantitative estimate of drug-likeness (QED) is 0.629. The highest BCUT2D eigenvalue weighted by Gasteiger charge is 2.32. The summed E-state index contributed by atoms with van der Waals surface area (Å²) in [5.74, 6) is -0.196. The third kappa shape index (κ3) is 7.63. The Bertz CT molecular complexity index is 615. The van der Waals surface area contributed by atoms with E-state index in [4.69, 9.17) is 9.47 Å². The number of carbonyl (C=O) groups excluding carboxylic acids is 1. The summed E-state index contributed by atoms with van der Waals surface area (Å²) >= 11 is 0. The van der Waals surface area contributed by atoms with Crippen molar-refractivity contribution in [2.45, 2.75) is 19.1 Å². The molecule has 1 aromatic carbocycles. The number of amides is 1. The minimum Gasteiger partial charge on any atom is -0.489 e. The highest BCUT2D eigenvalue weighted by atomic mass is 35.5. The fourth-order valence-corrected chi connectivity index (χ4v) is 2.64. The maximum absolute atomic E-state index is 13.0. The number of methoxy groups -OCH3 is 1. The third-order valence-electron chi connectivity index (χ3n) is 4.19. The molecule has 1 saturated heterocycles. The van der Waals surface area contributed by atoms with Crippen LogP contribution in [0.15, 0.2) is 18.2 Å². The van der Waals surface area contributed by atoms with Crippen LogP contribution in [-0.4, -0.2) is 63.4 Å². The Balaban J connectivity index is 0.00000364. The second-order valence-electron chi connectivity index (χ2n) is 6.00. The lowest BCUT2D eigenvalue weighted by molar-refractivity contribution is -0.137. The number of halogens is 5. The zero-order chi connectivity index (χ0) is 19.2. The number of carbonyl (C=O) groups is 1. The second kappa shape index (κ2) is 12.3. The van der Waals surface area contributed by atoms with E-state index < -0.39 is 17.8 Å². The summed E-state index contributed by atoms with van der Waals surface area (Å²) in [4.78, 5) is 14.5. The van der Waals surface area contributed by atoms with Gasteiger partial charge in [-0.2, -0.15) is 13.2 Å². The normalized spacial score (nSPS) is 15.8. The van der Waals surface area contributed by atoms with E-state index in [-0.39, 0.29) is 55.4 Å². The van der Waals surface area contributed by atoms with Gasteiger partial charge in [0.2, 0.25) is 5.91 Å². The van der Waals surface area contributed by atoms with E-state index in [2.05, 4.69) is 10.6 Å². The molecule has 0 radical (unpaired) electrons. The first-order valence-electron chi connectivity index (χ1n) is 8.41. The van der Waals surface area contributed by atoms with Crippen LogP contribution in [0.1, 0.15) is 12.5 Å². The molecule has 28 heavy (non-hydrogen) atoms. The molecule has 2 N–H and O–H groups in total. The molecule has 1 amide bonds. The van der Waals surface area contributed by atoms with Crippen molar-refractivity contribution in [3.8, 4) is 5.75 Å². The summed E-state index contributed by atoms with van der Waals surface area (Å²) in [6, 6.07) is 2.57. The van der Waals surface area contributed by atoms with Gasteiger partial charge < -0.3 is 20.1 Å². The predicted octanol–water partition coefficient (Wildman–Crippen LogP) is 2.81. The van der Waals surface area contributed by atoms with Gasteiger partial charge in [0.05, 0.1) is 23.9 Å². The molecule has 2 rings (SSSR count). The van der Waals surface area contributed by atoms with E-state index in [1.54, 1.807) is 6.92 Å². The molecule has 0 bridgehead atoms. The topological polar surface area (TPSA) is 62.8 Å². The molecule has 0 aliphatic carbocycles. The first-order chi connectivity index (χ1) is 12.3. The Labute approximate surface area is 174 Å². The molecule has 1 aliphatic rings. The van der Waals surface area contributed by atoms with Crippen molar-refractivity contribution in [1.29, 1.82) is 0 Å². The van der Waals surface area contributed by atoms with Crippen LogP contribution in [0.4, 0.5) is 18.9 Å². The van der Waals surface area contributed by atoms with Crippen molar-refractivity contribution in [3.05, 3.63) is 23.8 Å². The molecule has 0 spiro atoms. The highest BCUT2D eigenvalue weighted by Crippen LogP contribution is 2.35. The minimum absolute atomic E-state index is 0. The average molecular weight is 448 g/mol. The van der Waals surface area contributed by atoms with Gasteiger partial charge in [0.1, 0.15) is 12.4 Å². The number of benzene rings is 1. The number of hydrogen-bond acceptors (Lipinski definition) is 5. The molecule has 1 aliphatic heterocycles. The predicted molar refractivity (Wildman–Crippen MR) is 106 cm³/mol. The highest BCUT2D eigenvalue weighted by molar-refractivity contribution is 5.96. The average Bonchev–Trinajstić information content (AvgIpc) is 2.62. The largest absolute Gasteiger partial charge is 0.489 e. The molecule has 1 heterocycles.